The number of hydrogen-bond acceptors (Lipinski definition) is 4. The standard InChI is InChI=1S/C10H19O7P/c1-9(2,8(13)14)6-10(3,5-7(11)12)18(15,16)17-4/h5-6H2,1-4H3,(H,11,12)(H,13,14)(H,15,16). The monoisotopic (exact) mass is 282 g/mol. The van der Waals surface area contributed by atoms with E-state index in [0.29, 0.717) is 0 Å². The summed E-state index contributed by atoms with van der Waals surface area (Å²) in [6, 6.07) is 0. The first-order valence-corrected chi connectivity index (χ1v) is 6.79. The van der Waals surface area contributed by atoms with Crippen LogP contribution in [0.25, 0.3) is 0 Å². The van der Waals surface area contributed by atoms with Gasteiger partial charge in [-0.3, -0.25) is 14.2 Å². The van der Waals surface area contributed by atoms with Crippen LogP contribution in [0, 0.1) is 5.41 Å². The van der Waals surface area contributed by atoms with Crippen LogP contribution in [0.3, 0.4) is 0 Å². The minimum absolute atomic E-state index is 0.288. The molecule has 0 saturated carbocycles. The van der Waals surface area contributed by atoms with Gasteiger partial charge in [0.15, 0.2) is 0 Å². The number of carboxylic acid groups (broad SMARTS) is 2. The van der Waals surface area contributed by atoms with Crippen LogP contribution in [0.15, 0.2) is 0 Å². The smallest absolute Gasteiger partial charge is 0.334 e. The van der Waals surface area contributed by atoms with Crippen molar-refractivity contribution >= 4 is 19.5 Å². The van der Waals surface area contributed by atoms with E-state index in [2.05, 4.69) is 4.52 Å². The van der Waals surface area contributed by atoms with Crippen molar-refractivity contribution in [2.45, 2.75) is 38.8 Å². The first kappa shape index (κ1) is 17.1. The van der Waals surface area contributed by atoms with Crippen molar-refractivity contribution in [1.29, 1.82) is 0 Å². The van der Waals surface area contributed by atoms with Crippen LogP contribution in [0.1, 0.15) is 33.6 Å². The van der Waals surface area contributed by atoms with Gasteiger partial charge in [-0.15, -0.1) is 0 Å². The number of carboxylic acids is 2. The van der Waals surface area contributed by atoms with Gasteiger partial charge in [0.2, 0.25) is 0 Å². The van der Waals surface area contributed by atoms with Crippen LogP contribution in [-0.2, 0) is 18.7 Å². The maximum atomic E-state index is 11.9. The maximum Gasteiger partial charge on any atom is 0.334 e. The topological polar surface area (TPSA) is 121 Å². The molecule has 8 heteroatoms. The Labute approximate surface area is 105 Å². The van der Waals surface area contributed by atoms with Crippen LogP contribution in [-0.4, -0.2) is 39.3 Å². The molecule has 2 unspecified atom stereocenters. The molecule has 2 atom stereocenters. The molecule has 0 heterocycles. The highest BCUT2D eigenvalue weighted by atomic mass is 31.2. The summed E-state index contributed by atoms with van der Waals surface area (Å²) < 4.78 is 16.4. The summed E-state index contributed by atoms with van der Waals surface area (Å²) >= 11 is 0. The predicted octanol–water partition coefficient (Wildman–Crippen LogP) is 1.55. The predicted molar refractivity (Wildman–Crippen MR) is 63.5 cm³/mol. The molecule has 0 amide bonds. The fourth-order valence-electron chi connectivity index (χ4n) is 1.84. The van der Waals surface area contributed by atoms with E-state index < -0.39 is 36.5 Å². The summed E-state index contributed by atoms with van der Waals surface area (Å²) in [7, 11) is -3.23. The molecular formula is C10H19O7P. The van der Waals surface area contributed by atoms with Crippen LogP contribution in [0.2, 0.25) is 0 Å². The van der Waals surface area contributed by atoms with Gasteiger partial charge in [0.25, 0.3) is 0 Å². The zero-order chi connectivity index (χ0) is 14.8. The normalized spacial score (nSPS) is 18.7. The van der Waals surface area contributed by atoms with E-state index in [-0.39, 0.29) is 6.42 Å². The minimum Gasteiger partial charge on any atom is -0.481 e. The largest absolute Gasteiger partial charge is 0.481 e. The first-order valence-electron chi connectivity index (χ1n) is 5.22. The van der Waals surface area contributed by atoms with Crippen molar-refractivity contribution in [3.63, 3.8) is 0 Å². The molecule has 0 fully saturated rings. The summed E-state index contributed by atoms with van der Waals surface area (Å²) in [6.45, 7) is 3.98. The summed E-state index contributed by atoms with van der Waals surface area (Å²) in [5, 5.41) is 16.2. The van der Waals surface area contributed by atoms with E-state index in [4.69, 9.17) is 10.2 Å². The molecule has 0 spiro atoms. The summed E-state index contributed by atoms with van der Waals surface area (Å²) in [5.41, 5.74) is -1.33. The van der Waals surface area contributed by atoms with Crippen molar-refractivity contribution in [2.24, 2.45) is 5.41 Å². The third kappa shape index (κ3) is 3.80. The van der Waals surface area contributed by atoms with E-state index in [1.807, 2.05) is 0 Å². The number of hydrogen-bond donors (Lipinski definition) is 3. The van der Waals surface area contributed by atoms with Crippen molar-refractivity contribution < 1.29 is 33.8 Å². The summed E-state index contributed by atoms with van der Waals surface area (Å²) in [4.78, 5) is 31.6. The van der Waals surface area contributed by atoms with Crippen molar-refractivity contribution in [2.75, 3.05) is 7.11 Å². The van der Waals surface area contributed by atoms with Crippen molar-refractivity contribution in [1.82, 2.24) is 0 Å². The summed E-state index contributed by atoms with van der Waals surface area (Å²) in [5.74, 6) is -2.46. The van der Waals surface area contributed by atoms with Gasteiger partial charge in [-0.1, -0.05) is 0 Å². The molecule has 0 rings (SSSR count). The molecule has 0 aromatic heterocycles. The van der Waals surface area contributed by atoms with Gasteiger partial charge < -0.3 is 19.6 Å². The van der Waals surface area contributed by atoms with Gasteiger partial charge in [-0.25, -0.2) is 0 Å². The average molecular weight is 282 g/mol. The fraction of sp³-hybridized carbons (Fsp3) is 0.800. The molecule has 0 radical (unpaired) electrons. The van der Waals surface area contributed by atoms with Gasteiger partial charge >= 0.3 is 19.5 Å². The molecule has 0 aromatic carbocycles. The summed E-state index contributed by atoms with van der Waals surface area (Å²) in [6.07, 6.45) is -0.936. The molecule has 0 bridgehead atoms. The van der Waals surface area contributed by atoms with E-state index in [1.54, 1.807) is 0 Å². The van der Waals surface area contributed by atoms with Gasteiger partial charge in [0.05, 0.1) is 17.0 Å². The Morgan fingerprint density at radius 2 is 1.67 bits per heavy atom. The highest BCUT2D eigenvalue weighted by molar-refractivity contribution is 7.54. The quantitative estimate of drug-likeness (QED) is 0.605. The molecule has 7 nitrogen and oxygen atoms in total. The molecule has 0 aliphatic rings. The maximum absolute atomic E-state index is 11.9. The second kappa shape index (κ2) is 5.38. The van der Waals surface area contributed by atoms with Gasteiger partial charge in [0, 0.05) is 7.11 Å². The van der Waals surface area contributed by atoms with E-state index in [1.165, 1.54) is 20.8 Å². The van der Waals surface area contributed by atoms with Crippen molar-refractivity contribution in [3.05, 3.63) is 0 Å². The minimum atomic E-state index is -4.23. The third-order valence-corrected chi connectivity index (χ3v) is 5.04. The number of carbonyl (C=O) groups is 2. The molecule has 0 aliphatic carbocycles. The fourth-order valence-corrected chi connectivity index (χ4v) is 3.21. The van der Waals surface area contributed by atoms with Crippen LogP contribution >= 0.6 is 7.60 Å². The molecule has 18 heavy (non-hydrogen) atoms. The lowest BCUT2D eigenvalue weighted by molar-refractivity contribution is -0.148. The zero-order valence-corrected chi connectivity index (χ0v) is 11.7. The second-order valence-electron chi connectivity index (χ2n) is 5.14. The first-order chi connectivity index (χ1) is 7.88. The number of rotatable bonds is 7. The third-order valence-electron chi connectivity index (χ3n) is 2.86. The Morgan fingerprint density at radius 3 is 1.94 bits per heavy atom. The highest BCUT2D eigenvalue weighted by Crippen LogP contribution is 2.60. The Morgan fingerprint density at radius 1 is 1.22 bits per heavy atom. The van der Waals surface area contributed by atoms with E-state index in [0.717, 1.165) is 7.11 Å². The lowest BCUT2D eigenvalue weighted by Gasteiger charge is -2.36. The molecule has 3 N–H and O–H groups in total. The lowest BCUT2D eigenvalue weighted by Crippen LogP contribution is -2.38. The Bertz CT molecular complexity index is 390. The van der Waals surface area contributed by atoms with E-state index >= 15 is 0 Å². The Hall–Kier alpha value is -0.910. The van der Waals surface area contributed by atoms with Gasteiger partial charge in [-0.2, -0.15) is 0 Å². The lowest BCUT2D eigenvalue weighted by atomic mass is 9.82. The SMILES string of the molecule is COP(=O)(O)C(C)(CC(=O)O)CC(C)(C)C(=O)O. The van der Waals surface area contributed by atoms with Gasteiger partial charge in [-0.05, 0) is 27.2 Å². The van der Waals surface area contributed by atoms with Gasteiger partial charge in [0.1, 0.15) is 0 Å². The van der Waals surface area contributed by atoms with Crippen molar-refractivity contribution in [3.8, 4) is 0 Å². The van der Waals surface area contributed by atoms with Crippen LogP contribution in [0.4, 0.5) is 0 Å². The molecule has 106 valence electrons. The van der Waals surface area contributed by atoms with E-state index in [9.17, 15) is 19.0 Å². The Kier molecular flexibility index (Phi) is 5.11. The average Bonchev–Trinajstić information content (AvgIpc) is 2.14. The highest BCUT2D eigenvalue weighted by Gasteiger charge is 2.50. The molecular weight excluding hydrogens is 263 g/mol. The van der Waals surface area contributed by atoms with Crippen LogP contribution < -0.4 is 0 Å². The zero-order valence-electron chi connectivity index (χ0n) is 10.8. The number of aliphatic carboxylic acids is 2. The van der Waals surface area contributed by atoms with Crippen LogP contribution in [0.5, 0.6) is 0 Å². The molecule has 0 saturated heterocycles. The molecule has 0 aliphatic heterocycles. The Balaban J connectivity index is 5.45. The molecule has 0 aromatic rings. The second-order valence-corrected chi connectivity index (χ2v) is 7.62.